The van der Waals surface area contributed by atoms with Gasteiger partial charge >= 0.3 is 12.4 Å². The number of likely N-dealkylation sites (tertiary alicyclic amines) is 1. The SMILES string of the molecule is CC1(O)CC=NC(N(C2CC2)[C@@H]2CCCN(C(=O)N[C@H]3C[C@@H]3c3ccc(OC(F)(F)F)cc3)C2)=N1. The lowest BCUT2D eigenvalue weighted by atomic mass is 10.0. The Bertz CT molecular complexity index is 1010. The quantitative estimate of drug-likeness (QED) is 0.656. The first-order valence-corrected chi connectivity index (χ1v) is 12.1. The first-order chi connectivity index (χ1) is 16.6. The lowest BCUT2D eigenvalue weighted by Crippen LogP contribution is -2.55. The minimum Gasteiger partial charge on any atom is -0.406 e. The molecule has 4 atom stereocenters. The summed E-state index contributed by atoms with van der Waals surface area (Å²) in [5.74, 6) is 0.377. The van der Waals surface area contributed by atoms with Gasteiger partial charge in [0.05, 0.1) is 0 Å². The largest absolute Gasteiger partial charge is 0.573 e. The molecule has 2 aliphatic heterocycles. The van der Waals surface area contributed by atoms with Crippen molar-refractivity contribution >= 4 is 18.2 Å². The fourth-order valence-corrected chi connectivity index (χ4v) is 4.95. The molecule has 0 radical (unpaired) electrons. The first kappa shape index (κ1) is 23.9. The Morgan fingerprint density at radius 1 is 1.23 bits per heavy atom. The van der Waals surface area contributed by atoms with E-state index in [0.717, 1.165) is 37.7 Å². The molecule has 1 aromatic rings. The third-order valence-corrected chi connectivity index (χ3v) is 6.92. The van der Waals surface area contributed by atoms with Crippen LogP contribution in [0.4, 0.5) is 18.0 Å². The lowest BCUT2D eigenvalue weighted by Gasteiger charge is -2.41. The van der Waals surface area contributed by atoms with Crippen molar-refractivity contribution in [1.82, 2.24) is 15.1 Å². The highest BCUT2D eigenvalue weighted by atomic mass is 19.4. The molecule has 2 N–H and O–H groups in total. The molecule has 5 rings (SSSR count). The van der Waals surface area contributed by atoms with Gasteiger partial charge in [-0.1, -0.05) is 12.1 Å². The molecule has 0 spiro atoms. The monoisotopic (exact) mass is 493 g/mol. The van der Waals surface area contributed by atoms with Crippen LogP contribution in [-0.2, 0) is 0 Å². The third-order valence-electron chi connectivity index (χ3n) is 6.92. The average Bonchev–Trinajstić information content (AvgIpc) is 3.70. The molecule has 4 aliphatic rings. The molecule has 8 nitrogen and oxygen atoms in total. The van der Waals surface area contributed by atoms with E-state index in [1.54, 1.807) is 25.3 Å². The summed E-state index contributed by atoms with van der Waals surface area (Å²) in [6, 6.07) is 6.08. The molecule has 2 heterocycles. The number of carbonyl (C=O) groups is 1. The van der Waals surface area contributed by atoms with E-state index >= 15 is 0 Å². The predicted molar refractivity (Wildman–Crippen MR) is 123 cm³/mol. The molecule has 2 saturated carbocycles. The zero-order chi connectivity index (χ0) is 24.8. The van der Waals surface area contributed by atoms with Crippen molar-refractivity contribution < 1.29 is 27.8 Å². The summed E-state index contributed by atoms with van der Waals surface area (Å²) >= 11 is 0. The molecule has 190 valence electrons. The first-order valence-electron chi connectivity index (χ1n) is 12.1. The van der Waals surface area contributed by atoms with Crippen LogP contribution in [0, 0.1) is 0 Å². The lowest BCUT2D eigenvalue weighted by molar-refractivity contribution is -0.274. The van der Waals surface area contributed by atoms with Crippen LogP contribution in [-0.4, -0.2) is 76.4 Å². The molecule has 1 aromatic carbocycles. The number of benzene rings is 1. The van der Waals surface area contributed by atoms with Crippen LogP contribution in [0.3, 0.4) is 0 Å². The van der Waals surface area contributed by atoms with E-state index in [0.29, 0.717) is 31.5 Å². The molecule has 0 aromatic heterocycles. The maximum Gasteiger partial charge on any atom is 0.573 e. The van der Waals surface area contributed by atoms with Gasteiger partial charge in [-0.15, -0.1) is 13.2 Å². The van der Waals surface area contributed by atoms with Gasteiger partial charge in [-0.3, -0.25) is 0 Å². The molecule has 2 amide bonds. The van der Waals surface area contributed by atoms with Crippen molar-refractivity contribution in [2.45, 2.75) is 81.6 Å². The topological polar surface area (TPSA) is 89.8 Å². The Morgan fingerprint density at radius 3 is 2.63 bits per heavy atom. The van der Waals surface area contributed by atoms with Crippen LogP contribution in [0.1, 0.15) is 56.9 Å². The van der Waals surface area contributed by atoms with Gasteiger partial charge in [0.25, 0.3) is 0 Å². The number of guanidine groups is 1. The summed E-state index contributed by atoms with van der Waals surface area (Å²) < 4.78 is 41.0. The van der Waals surface area contributed by atoms with Crippen LogP contribution in [0.15, 0.2) is 34.3 Å². The highest BCUT2D eigenvalue weighted by molar-refractivity contribution is 5.91. The fraction of sp³-hybridized carbons (Fsp3) is 0.625. The van der Waals surface area contributed by atoms with Crippen LogP contribution in [0.25, 0.3) is 0 Å². The maximum absolute atomic E-state index is 13.0. The summed E-state index contributed by atoms with van der Waals surface area (Å²) in [5.41, 5.74) is -0.282. The minimum absolute atomic E-state index is 0.0424. The van der Waals surface area contributed by atoms with Gasteiger partial charge in [-0.05, 0) is 56.7 Å². The molecule has 3 fully saturated rings. The van der Waals surface area contributed by atoms with Gasteiger partial charge in [-0.25, -0.2) is 14.8 Å². The minimum atomic E-state index is -4.72. The van der Waals surface area contributed by atoms with Crippen molar-refractivity contribution in [2.75, 3.05) is 13.1 Å². The smallest absolute Gasteiger partial charge is 0.406 e. The normalized spacial score (nSPS) is 30.5. The van der Waals surface area contributed by atoms with Gasteiger partial charge < -0.3 is 25.0 Å². The number of alkyl halides is 3. The number of amides is 2. The highest BCUT2D eigenvalue weighted by Gasteiger charge is 2.43. The molecule has 1 unspecified atom stereocenters. The predicted octanol–water partition coefficient (Wildman–Crippen LogP) is 3.62. The highest BCUT2D eigenvalue weighted by Crippen LogP contribution is 2.42. The van der Waals surface area contributed by atoms with E-state index in [1.807, 2.05) is 4.90 Å². The average molecular weight is 494 g/mol. The zero-order valence-corrected chi connectivity index (χ0v) is 19.5. The summed E-state index contributed by atoms with van der Waals surface area (Å²) in [7, 11) is 0. The van der Waals surface area contributed by atoms with Gasteiger partial charge in [0.1, 0.15) is 5.75 Å². The molecule has 35 heavy (non-hydrogen) atoms. The Hall–Kier alpha value is -2.82. The van der Waals surface area contributed by atoms with Gasteiger partial charge in [0, 0.05) is 49.8 Å². The Balaban J connectivity index is 1.17. The van der Waals surface area contributed by atoms with E-state index in [9.17, 15) is 23.1 Å². The number of rotatable bonds is 5. The van der Waals surface area contributed by atoms with Crippen LogP contribution in [0.2, 0.25) is 0 Å². The molecule has 2 aliphatic carbocycles. The van der Waals surface area contributed by atoms with E-state index in [-0.39, 0.29) is 29.8 Å². The third kappa shape index (κ3) is 5.88. The van der Waals surface area contributed by atoms with Gasteiger partial charge in [0.2, 0.25) is 5.96 Å². The molecular formula is C24H30F3N5O3. The number of hydrogen-bond acceptors (Lipinski definition) is 6. The molecular weight excluding hydrogens is 463 g/mol. The van der Waals surface area contributed by atoms with Crippen LogP contribution < -0.4 is 10.1 Å². The van der Waals surface area contributed by atoms with Crippen molar-refractivity contribution in [3.63, 3.8) is 0 Å². The summed E-state index contributed by atoms with van der Waals surface area (Å²) in [6.07, 6.45) is 2.02. The number of piperidine rings is 1. The van der Waals surface area contributed by atoms with Crippen molar-refractivity contribution in [3.05, 3.63) is 29.8 Å². The fourth-order valence-electron chi connectivity index (χ4n) is 4.95. The number of carbonyl (C=O) groups excluding carboxylic acids is 1. The van der Waals surface area contributed by atoms with E-state index in [1.165, 1.54) is 12.1 Å². The second kappa shape index (κ2) is 9.00. The van der Waals surface area contributed by atoms with Crippen LogP contribution in [0.5, 0.6) is 5.75 Å². The van der Waals surface area contributed by atoms with Crippen molar-refractivity contribution in [1.29, 1.82) is 0 Å². The number of aliphatic imine (C=N–C) groups is 2. The molecule has 11 heteroatoms. The second-order valence-electron chi connectivity index (χ2n) is 10.0. The number of halogens is 3. The van der Waals surface area contributed by atoms with E-state index in [4.69, 9.17) is 0 Å². The maximum atomic E-state index is 13.0. The Kier molecular flexibility index (Phi) is 6.14. The summed E-state index contributed by atoms with van der Waals surface area (Å²) in [5, 5.41) is 13.5. The number of ether oxygens (including phenoxy) is 1. The summed E-state index contributed by atoms with van der Waals surface area (Å²) in [4.78, 5) is 26.0. The van der Waals surface area contributed by atoms with Crippen molar-refractivity contribution in [2.24, 2.45) is 9.98 Å². The molecule has 0 bridgehead atoms. The Morgan fingerprint density at radius 2 is 1.97 bits per heavy atom. The molecule has 1 saturated heterocycles. The summed E-state index contributed by atoms with van der Waals surface area (Å²) in [6.45, 7) is 2.89. The van der Waals surface area contributed by atoms with Gasteiger partial charge in [-0.2, -0.15) is 0 Å². The van der Waals surface area contributed by atoms with Crippen LogP contribution >= 0.6 is 0 Å². The zero-order valence-electron chi connectivity index (χ0n) is 19.5. The van der Waals surface area contributed by atoms with E-state index < -0.39 is 12.1 Å². The van der Waals surface area contributed by atoms with Gasteiger partial charge in [0.15, 0.2) is 5.72 Å². The van der Waals surface area contributed by atoms with E-state index in [2.05, 4.69) is 24.9 Å². The number of nitrogens with one attached hydrogen (secondary N) is 1. The number of nitrogens with zero attached hydrogens (tertiary/aromatic N) is 4. The Labute approximate surface area is 201 Å². The second-order valence-corrected chi connectivity index (χ2v) is 10.0. The number of aliphatic hydroxyl groups is 1. The number of urea groups is 1. The van der Waals surface area contributed by atoms with Crippen molar-refractivity contribution in [3.8, 4) is 5.75 Å². The standard InChI is InChI=1S/C24H30F3N5O3/c1-23(34)10-11-28-21(30-23)32(16-6-7-16)17-3-2-12-31(14-17)22(33)29-20-13-19(20)15-4-8-18(9-5-15)35-24(25,26)27/h4-5,8-9,11,16-17,19-20,34H,2-3,6-7,10,12-14H2,1H3,(H,29,33)/t17-,19-,20+,23?/m1/s1. The number of hydrogen-bond donors (Lipinski definition) is 2.